The Bertz CT molecular complexity index is 2580. The molecule has 53 heavy (non-hydrogen) atoms. The van der Waals surface area contributed by atoms with E-state index in [0.717, 1.165) is 45.0 Å². The molecular formula is C51H40N2. The predicted octanol–water partition coefficient (Wildman–Crippen LogP) is 13.7. The first kappa shape index (κ1) is 32.3. The quantitative estimate of drug-likeness (QED) is 0.170. The van der Waals surface area contributed by atoms with Crippen LogP contribution in [0.15, 0.2) is 194 Å². The molecule has 0 radical (unpaired) electrons. The smallest absolute Gasteiger partial charge is 0.0473 e. The number of benzene rings is 8. The lowest BCUT2D eigenvalue weighted by molar-refractivity contribution is 0.660. The molecule has 8 aromatic rings. The zero-order valence-corrected chi connectivity index (χ0v) is 30.0. The summed E-state index contributed by atoms with van der Waals surface area (Å²) in [6.45, 7) is 4.66. The Hall–Kier alpha value is -6.64. The van der Waals surface area contributed by atoms with Crippen LogP contribution in [0.5, 0.6) is 0 Å². The fraction of sp³-hybridized carbons (Fsp3) is 0.0588. The lowest BCUT2D eigenvalue weighted by Gasteiger charge is -2.26. The number of hydrogen-bond donors (Lipinski definition) is 1. The third kappa shape index (κ3) is 5.79. The van der Waals surface area contributed by atoms with Crippen LogP contribution in [0.1, 0.15) is 25.0 Å². The molecule has 254 valence electrons. The van der Waals surface area contributed by atoms with Crippen LogP contribution < -0.4 is 10.6 Å². The first-order valence-electron chi connectivity index (χ1n) is 18.3. The monoisotopic (exact) mass is 680 g/mol. The summed E-state index contributed by atoms with van der Waals surface area (Å²) in [6, 6.07) is 69.5. The summed E-state index contributed by atoms with van der Waals surface area (Å²) in [5.41, 5.74) is 25.4. The summed E-state index contributed by atoms with van der Waals surface area (Å²) in [4.78, 5) is 2.32. The van der Waals surface area contributed by atoms with Gasteiger partial charge in [-0.15, -0.1) is 0 Å². The molecule has 0 bridgehead atoms. The van der Waals surface area contributed by atoms with Crippen molar-refractivity contribution in [2.24, 2.45) is 0 Å². The number of nitrogens with two attached hydrogens (primary N) is 1. The van der Waals surface area contributed by atoms with Crippen LogP contribution in [0.25, 0.3) is 55.6 Å². The average Bonchev–Trinajstić information content (AvgIpc) is 3.45. The van der Waals surface area contributed by atoms with E-state index in [2.05, 4.69) is 195 Å². The van der Waals surface area contributed by atoms with Crippen LogP contribution >= 0.6 is 0 Å². The molecule has 1 aliphatic carbocycles. The van der Waals surface area contributed by atoms with Gasteiger partial charge in [-0.25, -0.2) is 0 Å². The Morgan fingerprint density at radius 3 is 1.51 bits per heavy atom. The van der Waals surface area contributed by atoms with Crippen LogP contribution in [0.2, 0.25) is 0 Å². The minimum atomic E-state index is -0.00149. The van der Waals surface area contributed by atoms with E-state index in [4.69, 9.17) is 5.73 Å². The second kappa shape index (κ2) is 13.2. The van der Waals surface area contributed by atoms with Crippen molar-refractivity contribution in [2.75, 3.05) is 10.6 Å². The van der Waals surface area contributed by atoms with Crippen molar-refractivity contribution in [1.29, 1.82) is 0 Å². The van der Waals surface area contributed by atoms with E-state index in [9.17, 15) is 0 Å². The predicted molar refractivity (Wildman–Crippen MR) is 225 cm³/mol. The molecule has 0 amide bonds. The zero-order chi connectivity index (χ0) is 35.9. The molecule has 1 aliphatic rings. The molecular weight excluding hydrogens is 641 g/mol. The van der Waals surface area contributed by atoms with E-state index >= 15 is 0 Å². The summed E-state index contributed by atoms with van der Waals surface area (Å²) in [5, 5.41) is 0. The van der Waals surface area contributed by atoms with Crippen molar-refractivity contribution in [3.8, 4) is 55.6 Å². The van der Waals surface area contributed by atoms with E-state index < -0.39 is 0 Å². The molecule has 0 atom stereocenters. The zero-order valence-electron chi connectivity index (χ0n) is 30.0. The van der Waals surface area contributed by atoms with Crippen LogP contribution in [0, 0.1) is 0 Å². The van der Waals surface area contributed by atoms with Crippen molar-refractivity contribution < 1.29 is 0 Å². The van der Waals surface area contributed by atoms with Gasteiger partial charge in [0.1, 0.15) is 0 Å². The molecule has 0 aliphatic heterocycles. The van der Waals surface area contributed by atoms with E-state index in [1.165, 1.54) is 44.5 Å². The highest BCUT2D eigenvalue weighted by molar-refractivity contribution is 5.90. The van der Waals surface area contributed by atoms with E-state index in [1.54, 1.807) is 0 Å². The van der Waals surface area contributed by atoms with Gasteiger partial charge in [-0.2, -0.15) is 0 Å². The van der Waals surface area contributed by atoms with Gasteiger partial charge >= 0.3 is 0 Å². The largest absolute Gasteiger partial charge is 0.398 e. The molecule has 9 rings (SSSR count). The van der Waals surface area contributed by atoms with E-state index in [1.807, 2.05) is 18.2 Å². The van der Waals surface area contributed by atoms with Crippen LogP contribution in [0.4, 0.5) is 22.7 Å². The highest BCUT2D eigenvalue weighted by atomic mass is 15.1. The highest BCUT2D eigenvalue weighted by Gasteiger charge is 2.35. The summed E-state index contributed by atoms with van der Waals surface area (Å²) >= 11 is 0. The lowest BCUT2D eigenvalue weighted by atomic mass is 9.82. The number of rotatable bonds is 7. The van der Waals surface area contributed by atoms with Crippen LogP contribution in [-0.2, 0) is 5.41 Å². The number of fused-ring (bicyclic) bond motifs is 3. The summed E-state index contributed by atoms with van der Waals surface area (Å²) in [5.74, 6) is 0. The first-order chi connectivity index (χ1) is 26.0. The first-order valence-corrected chi connectivity index (χ1v) is 18.3. The fourth-order valence-electron chi connectivity index (χ4n) is 8.10. The summed E-state index contributed by atoms with van der Waals surface area (Å²) < 4.78 is 0. The maximum Gasteiger partial charge on any atom is 0.0473 e. The van der Waals surface area contributed by atoms with Gasteiger partial charge in [0.25, 0.3) is 0 Å². The van der Waals surface area contributed by atoms with Crippen molar-refractivity contribution in [3.63, 3.8) is 0 Å². The van der Waals surface area contributed by atoms with Gasteiger partial charge in [0.2, 0.25) is 0 Å². The number of anilines is 4. The highest BCUT2D eigenvalue weighted by Crippen LogP contribution is 2.49. The summed E-state index contributed by atoms with van der Waals surface area (Å²) in [7, 11) is 0. The maximum absolute atomic E-state index is 6.79. The Balaban J connectivity index is 1.06. The number of para-hydroxylation sites is 2. The molecule has 0 saturated heterocycles. The fourth-order valence-corrected chi connectivity index (χ4v) is 8.10. The minimum absolute atomic E-state index is 0.00149. The van der Waals surface area contributed by atoms with Gasteiger partial charge in [-0.3, -0.25) is 0 Å². The Kier molecular flexibility index (Phi) is 8.01. The molecule has 0 aromatic heterocycles. The van der Waals surface area contributed by atoms with Crippen molar-refractivity contribution in [3.05, 3.63) is 205 Å². The topological polar surface area (TPSA) is 29.3 Å². The minimum Gasteiger partial charge on any atom is -0.398 e. The van der Waals surface area contributed by atoms with Crippen LogP contribution in [-0.4, -0.2) is 0 Å². The standard InChI is InChI=1S/C51H40N2/c1-51(2)48-25-10-9-22-46(48)47-34-40(28-31-49(47)51)38-17-11-16-37(32-38)39-18-12-21-43(33-39)53(41-19-7-4-8-20-41)42-29-26-36(27-30-42)45-24-13-23-44(50(45)52)35-14-5-3-6-15-35/h3-34H,52H2,1-2H3. The second-order valence-corrected chi connectivity index (χ2v) is 14.4. The molecule has 0 unspecified atom stereocenters. The van der Waals surface area contributed by atoms with Crippen LogP contribution in [0.3, 0.4) is 0 Å². The normalized spacial score (nSPS) is 12.6. The summed E-state index contributed by atoms with van der Waals surface area (Å²) in [6.07, 6.45) is 0. The third-order valence-corrected chi connectivity index (χ3v) is 10.9. The maximum atomic E-state index is 6.79. The van der Waals surface area contributed by atoms with Gasteiger partial charge in [0, 0.05) is 39.3 Å². The van der Waals surface area contributed by atoms with Gasteiger partial charge in [-0.05, 0) is 104 Å². The van der Waals surface area contributed by atoms with Gasteiger partial charge < -0.3 is 10.6 Å². The number of nitrogen functional groups attached to an aromatic ring is 1. The Morgan fingerprint density at radius 1 is 0.340 bits per heavy atom. The molecule has 0 saturated carbocycles. The second-order valence-electron chi connectivity index (χ2n) is 14.4. The number of nitrogens with zero attached hydrogens (tertiary/aromatic N) is 1. The molecule has 8 aromatic carbocycles. The van der Waals surface area contributed by atoms with Gasteiger partial charge in [0.05, 0.1) is 0 Å². The van der Waals surface area contributed by atoms with Crippen molar-refractivity contribution >= 4 is 22.7 Å². The molecule has 2 nitrogen and oxygen atoms in total. The molecule has 0 heterocycles. The average molecular weight is 681 g/mol. The molecule has 2 heteroatoms. The van der Waals surface area contributed by atoms with E-state index in [-0.39, 0.29) is 5.41 Å². The van der Waals surface area contributed by atoms with E-state index in [0.29, 0.717) is 0 Å². The third-order valence-electron chi connectivity index (χ3n) is 10.9. The Labute approximate surface area is 312 Å². The van der Waals surface area contributed by atoms with Crippen molar-refractivity contribution in [2.45, 2.75) is 19.3 Å². The van der Waals surface area contributed by atoms with Crippen molar-refractivity contribution in [1.82, 2.24) is 0 Å². The number of hydrogen-bond acceptors (Lipinski definition) is 2. The lowest BCUT2D eigenvalue weighted by Crippen LogP contribution is -2.14. The van der Waals surface area contributed by atoms with Gasteiger partial charge in [0.15, 0.2) is 0 Å². The van der Waals surface area contributed by atoms with Gasteiger partial charge in [-0.1, -0.05) is 159 Å². The molecule has 2 N–H and O–H groups in total. The molecule has 0 fully saturated rings. The molecule has 0 spiro atoms. The Morgan fingerprint density at radius 2 is 0.792 bits per heavy atom. The SMILES string of the molecule is CC1(C)c2ccccc2-c2cc(-c3cccc(-c4cccc(N(c5ccccc5)c5ccc(-c6cccc(-c7ccccc7)c6N)cc5)c4)c3)ccc21.